The van der Waals surface area contributed by atoms with E-state index in [0.29, 0.717) is 13.1 Å². The number of phenolic OH excluding ortho intramolecular Hbond substituents is 2. The first kappa shape index (κ1) is 13.3. The molecule has 0 radical (unpaired) electrons. The summed E-state index contributed by atoms with van der Waals surface area (Å²) in [6.07, 6.45) is 0. The monoisotopic (exact) mass is 238 g/mol. The van der Waals surface area contributed by atoms with Crippen molar-refractivity contribution in [3.63, 3.8) is 0 Å². The van der Waals surface area contributed by atoms with Crippen LogP contribution in [0.5, 0.6) is 11.5 Å². The number of benzene rings is 1. The van der Waals surface area contributed by atoms with E-state index in [1.165, 1.54) is 12.1 Å². The summed E-state index contributed by atoms with van der Waals surface area (Å²) in [5, 5.41) is 21.3. The van der Waals surface area contributed by atoms with E-state index >= 15 is 0 Å². The Labute approximate surface area is 100 Å². The Bertz CT molecular complexity index is 416. The van der Waals surface area contributed by atoms with Crippen LogP contribution in [-0.4, -0.2) is 29.2 Å². The zero-order valence-electron chi connectivity index (χ0n) is 10.0. The van der Waals surface area contributed by atoms with Gasteiger partial charge < -0.3 is 21.3 Å². The van der Waals surface area contributed by atoms with Crippen LogP contribution in [0.25, 0.3) is 0 Å². The van der Waals surface area contributed by atoms with Gasteiger partial charge in [-0.3, -0.25) is 4.79 Å². The summed E-state index contributed by atoms with van der Waals surface area (Å²) in [6, 6.07) is 3.85. The first-order valence-corrected chi connectivity index (χ1v) is 5.36. The van der Waals surface area contributed by atoms with Crippen LogP contribution in [0.15, 0.2) is 18.2 Å². The van der Waals surface area contributed by atoms with Gasteiger partial charge in [-0.2, -0.15) is 0 Å². The van der Waals surface area contributed by atoms with E-state index in [-0.39, 0.29) is 28.4 Å². The number of amides is 1. The summed E-state index contributed by atoms with van der Waals surface area (Å²) < 4.78 is 0. The summed E-state index contributed by atoms with van der Waals surface area (Å²) in [7, 11) is 0. The molecule has 0 saturated carbocycles. The van der Waals surface area contributed by atoms with Gasteiger partial charge >= 0.3 is 0 Å². The van der Waals surface area contributed by atoms with Gasteiger partial charge in [-0.1, -0.05) is 13.8 Å². The van der Waals surface area contributed by atoms with Gasteiger partial charge in [0.1, 0.15) is 11.5 Å². The van der Waals surface area contributed by atoms with Gasteiger partial charge in [0.25, 0.3) is 5.91 Å². The van der Waals surface area contributed by atoms with Crippen molar-refractivity contribution in [3.05, 3.63) is 23.8 Å². The standard InChI is InChI=1S/C12H18N2O3/c1-12(2,6-13)7-14-11(17)9-4-3-8(15)5-10(9)16/h3-5,15-16H,6-7,13H2,1-2H3,(H,14,17). The number of aromatic hydroxyl groups is 2. The van der Waals surface area contributed by atoms with E-state index in [4.69, 9.17) is 10.8 Å². The Balaban J connectivity index is 2.71. The third-order valence-corrected chi connectivity index (χ3v) is 2.51. The van der Waals surface area contributed by atoms with E-state index in [0.717, 1.165) is 6.07 Å². The van der Waals surface area contributed by atoms with Gasteiger partial charge in [0.05, 0.1) is 5.56 Å². The molecule has 1 rings (SSSR count). The number of hydrogen-bond acceptors (Lipinski definition) is 4. The number of nitrogens with one attached hydrogen (secondary N) is 1. The van der Waals surface area contributed by atoms with Crippen LogP contribution in [0.4, 0.5) is 0 Å². The molecule has 0 atom stereocenters. The number of rotatable bonds is 4. The predicted octanol–water partition coefficient (Wildman–Crippen LogP) is 0.812. The fourth-order valence-electron chi connectivity index (χ4n) is 1.20. The molecule has 0 aromatic heterocycles. The smallest absolute Gasteiger partial charge is 0.255 e. The van der Waals surface area contributed by atoms with E-state index in [9.17, 15) is 9.90 Å². The molecule has 0 saturated heterocycles. The fourth-order valence-corrected chi connectivity index (χ4v) is 1.20. The molecule has 0 unspecified atom stereocenters. The molecule has 1 amide bonds. The average molecular weight is 238 g/mol. The van der Waals surface area contributed by atoms with Gasteiger partial charge in [0, 0.05) is 12.6 Å². The summed E-state index contributed by atoms with van der Waals surface area (Å²) in [5.41, 5.74) is 5.49. The molecule has 0 bridgehead atoms. The minimum absolute atomic E-state index is 0.0821. The molecule has 1 aromatic rings. The van der Waals surface area contributed by atoms with Gasteiger partial charge in [-0.25, -0.2) is 0 Å². The molecule has 0 aliphatic rings. The second-order valence-corrected chi connectivity index (χ2v) is 4.75. The number of carbonyl (C=O) groups is 1. The molecular formula is C12H18N2O3. The maximum atomic E-state index is 11.7. The number of nitrogens with two attached hydrogens (primary N) is 1. The van der Waals surface area contributed by atoms with Crippen LogP contribution >= 0.6 is 0 Å². The molecule has 0 aliphatic heterocycles. The van der Waals surface area contributed by atoms with E-state index in [1.54, 1.807) is 0 Å². The van der Waals surface area contributed by atoms with E-state index < -0.39 is 0 Å². The van der Waals surface area contributed by atoms with Crippen molar-refractivity contribution in [2.45, 2.75) is 13.8 Å². The van der Waals surface area contributed by atoms with E-state index in [2.05, 4.69) is 5.32 Å². The third-order valence-electron chi connectivity index (χ3n) is 2.51. The Morgan fingerprint density at radius 1 is 1.41 bits per heavy atom. The lowest BCUT2D eigenvalue weighted by atomic mass is 9.94. The van der Waals surface area contributed by atoms with Crippen molar-refractivity contribution in [1.82, 2.24) is 5.32 Å². The maximum Gasteiger partial charge on any atom is 0.255 e. The van der Waals surface area contributed by atoms with E-state index in [1.807, 2.05) is 13.8 Å². The topological polar surface area (TPSA) is 95.6 Å². The van der Waals surface area contributed by atoms with Gasteiger partial charge in [-0.15, -0.1) is 0 Å². The lowest BCUT2D eigenvalue weighted by Gasteiger charge is -2.22. The minimum atomic E-state index is -0.385. The van der Waals surface area contributed by atoms with Crippen molar-refractivity contribution in [1.29, 1.82) is 0 Å². The molecule has 5 nitrogen and oxygen atoms in total. The van der Waals surface area contributed by atoms with Crippen LogP contribution < -0.4 is 11.1 Å². The number of phenols is 2. The second-order valence-electron chi connectivity index (χ2n) is 4.75. The number of carbonyl (C=O) groups excluding carboxylic acids is 1. The Kier molecular flexibility index (Phi) is 3.96. The highest BCUT2D eigenvalue weighted by Gasteiger charge is 2.18. The predicted molar refractivity (Wildman–Crippen MR) is 64.9 cm³/mol. The van der Waals surface area contributed by atoms with Gasteiger partial charge in [0.2, 0.25) is 0 Å². The average Bonchev–Trinajstić information content (AvgIpc) is 2.26. The lowest BCUT2D eigenvalue weighted by Crippen LogP contribution is -2.38. The molecule has 94 valence electrons. The highest BCUT2D eigenvalue weighted by Crippen LogP contribution is 2.22. The normalized spacial score (nSPS) is 11.2. The van der Waals surface area contributed by atoms with Crippen molar-refractivity contribution >= 4 is 5.91 Å². The Morgan fingerprint density at radius 3 is 2.59 bits per heavy atom. The first-order chi connectivity index (χ1) is 7.85. The molecule has 0 fully saturated rings. The van der Waals surface area contributed by atoms with Crippen LogP contribution in [-0.2, 0) is 0 Å². The molecule has 5 heteroatoms. The van der Waals surface area contributed by atoms with Crippen molar-refractivity contribution in [2.24, 2.45) is 11.1 Å². The quantitative estimate of drug-likeness (QED) is 0.624. The summed E-state index contributed by atoms with van der Waals surface area (Å²) in [4.78, 5) is 11.7. The van der Waals surface area contributed by atoms with Gasteiger partial charge in [-0.05, 0) is 24.1 Å². The Morgan fingerprint density at radius 2 is 2.06 bits per heavy atom. The highest BCUT2D eigenvalue weighted by atomic mass is 16.3. The van der Waals surface area contributed by atoms with Crippen LogP contribution in [0.2, 0.25) is 0 Å². The summed E-state index contributed by atoms with van der Waals surface area (Å²) in [6.45, 7) is 4.74. The third kappa shape index (κ3) is 3.64. The van der Waals surface area contributed by atoms with Crippen LogP contribution in [0.3, 0.4) is 0 Å². The Hall–Kier alpha value is -1.75. The molecule has 5 N–H and O–H groups in total. The molecule has 1 aromatic carbocycles. The lowest BCUT2D eigenvalue weighted by molar-refractivity contribution is 0.0935. The van der Waals surface area contributed by atoms with Crippen molar-refractivity contribution in [2.75, 3.05) is 13.1 Å². The van der Waals surface area contributed by atoms with Gasteiger partial charge in [0.15, 0.2) is 0 Å². The highest BCUT2D eigenvalue weighted by molar-refractivity contribution is 5.97. The number of hydrogen-bond donors (Lipinski definition) is 4. The SMILES string of the molecule is CC(C)(CN)CNC(=O)c1ccc(O)cc1O. The maximum absolute atomic E-state index is 11.7. The first-order valence-electron chi connectivity index (χ1n) is 5.36. The van der Waals surface area contributed by atoms with Crippen LogP contribution in [0, 0.1) is 5.41 Å². The van der Waals surface area contributed by atoms with Crippen molar-refractivity contribution < 1.29 is 15.0 Å². The summed E-state index contributed by atoms with van der Waals surface area (Å²) in [5.74, 6) is -0.710. The molecule has 17 heavy (non-hydrogen) atoms. The second kappa shape index (κ2) is 5.05. The van der Waals surface area contributed by atoms with Crippen molar-refractivity contribution in [3.8, 4) is 11.5 Å². The zero-order valence-corrected chi connectivity index (χ0v) is 10.0. The fraction of sp³-hybridized carbons (Fsp3) is 0.417. The summed E-state index contributed by atoms with van der Waals surface area (Å²) >= 11 is 0. The molecular weight excluding hydrogens is 220 g/mol. The molecule has 0 aliphatic carbocycles. The zero-order chi connectivity index (χ0) is 13.1. The molecule has 0 spiro atoms. The molecule has 0 heterocycles. The largest absolute Gasteiger partial charge is 0.508 e. The minimum Gasteiger partial charge on any atom is -0.508 e. The van der Waals surface area contributed by atoms with Crippen LogP contribution in [0.1, 0.15) is 24.2 Å².